The number of unbranched alkanes of at least 4 members (excludes halogenated alkanes) is 1. The normalized spacial score (nSPS) is 15.8. The van der Waals surface area contributed by atoms with Gasteiger partial charge in [0.25, 0.3) is 5.56 Å². The Morgan fingerprint density at radius 2 is 1.81 bits per heavy atom. The largest absolute Gasteiger partial charge is 0.510 e. The first-order valence-electron chi connectivity index (χ1n) is 19.0. The molecule has 0 radical (unpaired) electrons. The fourth-order valence-corrected chi connectivity index (χ4v) is 7.47. The molecule has 4 aromatic rings. The molecule has 0 saturated carbocycles. The number of phenolic OH excluding ortho intramolecular Hbond substituents is 1. The molecule has 2 atom stereocenters. The van der Waals surface area contributed by atoms with Crippen LogP contribution >= 0.6 is 0 Å². The standard InChI is InChI=1S/C41H46N6O11/c1-4-26-27-16-25(48)13-14-31(27)45-36-28(26)18-47-33(36)17-30-29(38(47)53)22-56-39(54)41(30,5-2)58-40(55)57-21-23-9-11-24(12-10-23)43-37(52)32(8-6-7-15-42)44-34(49)19-46(3)20-35(50)51/h9-14,16-17,32,48H,4-8,15,18-22,42H2,1-3H3,(H,43,52)(H,44,49)(H,50,51)/t32-,41-/m0/s1. The Balaban J connectivity index is 1.15. The van der Waals surface area contributed by atoms with Gasteiger partial charge in [-0.1, -0.05) is 26.0 Å². The van der Waals surface area contributed by atoms with Crippen molar-refractivity contribution >= 4 is 46.5 Å². The number of fused-ring (bicyclic) bond motifs is 5. The molecule has 6 N–H and O–H groups in total. The molecule has 2 amide bonds. The lowest BCUT2D eigenvalue weighted by atomic mass is 9.85. The Morgan fingerprint density at radius 1 is 1.05 bits per heavy atom. The number of anilines is 1. The number of carboxylic acid groups (broad SMARTS) is 1. The molecular weight excluding hydrogens is 752 g/mol. The Kier molecular flexibility index (Phi) is 12.4. The molecular formula is C41H46N6O11. The lowest BCUT2D eigenvalue weighted by molar-refractivity contribution is -0.175. The number of pyridine rings is 2. The zero-order chi connectivity index (χ0) is 41.7. The van der Waals surface area contributed by atoms with Crippen molar-refractivity contribution in [2.24, 2.45) is 5.73 Å². The number of aromatic hydroxyl groups is 1. The van der Waals surface area contributed by atoms with Gasteiger partial charge < -0.3 is 45.4 Å². The highest BCUT2D eigenvalue weighted by Crippen LogP contribution is 2.42. The number of carboxylic acids is 1. The number of nitrogens with zero attached hydrogens (tertiary/aromatic N) is 3. The van der Waals surface area contributed by atoms with E-state index < -0.39 is 47.1 Å². The van der Waals surface area contributed by atoms with Crippen LogP contribution in [0.2, 0.25) is 0 Å². The minimum absolute atomic E-state index is 0.0601. The number of amides is 2. The lowest BCUT2D eigenvalue weighted by Gasteiger charge is -2.35. The van der Waals surface area contributed by atoms with Crippen molar-refractivity contribution in [1.29, 1.82) is 0 Å². The molecule has 0 aliphatic carbocycles. The number of carbonyl (C=O) groups is 5. The van der Waals surface area contributed by atoms with Crippen LogP contribution in [0, 0.1) is 0 Å². The Hall–Kier alpha value is -6.33. The van der Waals surface area contributed by atoms with Gasteiger partial charge in [0.2, 0.25) is 17.4 Å². The van der Waals surface area contributed by atoms with E-state index in [1.54, 1.807) is 60.0 Å². The van der Waals surface area contributed by atoms with E-state index in [0.29, 0.717) is 60.4 Å². The first-order valence-corrected chi connectivity index (χ1v) is 19.0. The number of carbonyl (C=O) groups excluding carboxylic acids is 4. The number of benzene rings is 2. The monoisotopic (exact) mass is 798 g/mol. The molecule has 2 aliphatic rings. The number of hydrogen-bond donors (Lipinski definition) is 5. The van der Waals surface area contributed by atoms with Crippen molar-refractivity contribution in [2.75, 3.05) is 32.0 Å². The number of aliphatic carboxylic acids is 1. The van der Waals surface area contributed by atoms with Gasteiger partial charge in [0.05, 0.1) is 42.1 Å². The number of aromatic nitrogens is 2. The molecule has 17 heteroatoms. The van der Waals surface area contributed by atoms with Crippen molar-refractivity contribution in [2.45, 2.75) is 77.4 Å². The second-order valence-corrected chi connectivity index (χ2v) is 14.3. The van der Waals surface area contributed by atoms with Gasteiger partial charge in [-0.3, -0.25) is 24.1 Å². The molecule has 58 heavy (non-hydrogen) atoms. The second kappa shape index (κ2) is 17.4. The van der Waals surface area contributed by atoms with Gasteiger partial charge in [0.1, 0.15) is 25.0 Å². The Labute approximate surface area is 333 Å². The predicted molar refractivity (Wildman–Crippen MR) is 210 cm³/mol. The number of ether oxygens (including phenoxy) is 3. The van der Waals surface area contributed by atoms with E-state index in [-0.39, 0.29) is 56.1 Å². The number of rotatable bonds is 16. The van der Waals surface area contributed by atoms with Crippen LogP contribution in [0.5, 0.6) is 5.75 Å². The van der Waals surface area contributed by atoms with Crippen LogP contribution in [0.1, 0.15) is 67.3 Å². The summed E-state index contributed by atoms with van der Waals surface area (Å²) in [5, 5.41) is 25.3. The molecule has 2 aromatic heterocycles. The molecule has 17 nitrogen and oxygen atoms in total. The Morgan fingerprint density at radius 3 is 2.50 bits per heavy atom. The van der Waals surface area contributed by atoms with Gasteiger partial charge in [-0.05, 0) is 93.2 Å². The van der Waals surface area contributed by atoms with Crippen LogP contribution in [0.4, 0.5) is 10.5 Å². The third kappa shape index (κ3) is 8.50. The van der Waals surface area contributed by atoms with E-state index in [4.69, 9.17) is 30.0 Å². The number of esters is 1. The number of phenols is 1. The van der Waals surface area contributed by atoms with Crippen molar-refractivity contribution < 1.29 is 48.4 Å². The highest BCUT2D eigenvalue weighted by atomic mass is 16.7. The number of aryl methyl sites for hydroxylation is 1. The van der Waals surface area contributed by atoms with E-state index in [2.05, 4.69) is 10.6 Å². The summed E-state index contributed by atoms with van der Waals surface area (Å²) in [6, 6.07) is 12.0. The van der Waals surface area contributed by atoms with Crippen molar-refractivity contribution in [3.8, 4) is 17.1 Å². The molecule has 0 bridgehead atoms. The van der Waals surface area contributed by atoms with Gasteiger partial charge in [0.15, 0.2) is 0 Å². The van der Waals surface area contributed by atoms with E-state index in [1.807, 2.05) is 6.92 Å². The average molecular weight is 799 g/mol. The molecule has 0 spiro atoms. The third-order valence-corrected chi connectivity index (χ3v) is 10.4. The van der Waals surface area contributed by atoms with Crippen LogP contribution < -0.4 is 21.9 Å². The van der Waals surface area contributed by atoms with E-state index >= 15 is 0 Å². The number of nitrogens with one attached hydrogen (secondary N) is 2. The first kappa shape index (κ1) is 41.3. The summed E-state index contributed by atoms with van der Waals surface area (Å²) in [5.74, 6) is -2.82. The van der Waals surface area contributed by atoms with Crippen LogP contribution in [0.25, 0.3) is 22.3 Å². The number of likely N-dealkylation sites (N-methyl/N-ethyl adjacent to an activating group) is 1. The number of hydrogen-bond acceptors (Lipinski definition) is 13. The van der Waals surface area contributed by atoms with E-state index in [0.717, 1.165) is 16.5 Å². The topological polar surface area (TPSA) is 242 Å². The highest BCUT2D eigenvalue weighted by molar-refractivity contribution is 5.97. The van der Waals surface area contributed by atoms with Gasteiger partial charge >= 0.3 is 18.1 Å². The fraction of sp³-hybridized carbons (Fsp3) is 0.390. The van der Waals surface area contributed by atoms with Crippen molar-refractivity contribution in [3.05, 3.63) is 86.7 Å². The zero-order valence-corrected chi connectivity index (χ0v) is 32.5. The summed E-state index contributed by atoms with van der Waals surface area (Å²) in [7, 11) is 1.48. The van der Waals surface area contributed by atoms with Gasteiger partial charge in [-0.25, -0.2) is 14.6 Å². The molecule has 2 aliphatic heterocycles. The van der Waals surface area contributed by atoms with E-state index in [1.165, 1.54) is 11.9 Å². The molecule has 4 heterocycles. The zero-order valence-electron chi connectivity index (χ0n) is 32.5. The average Bonchev–Trinajstić information content (AvgIpc) is 3.55. The quantitative estimate of drug-likeness (QED) is 0.0711. The second-order valence-electron chi connectivity index (χ2n) is 14.3. The summed E-state index contributed by atoms with van der Waals surface area (Å²) in [6.07, 6.45) is 0.909. The maximum absolute atomic E-state index is 14.0. The van der Waals surface area contributed by atoms with E-state index in [9.17, 15) is 33.9 Å². The number of nitrogens with two attached hydrogens (primary N) is 1. The summed E-state index contributed by atoms with van der Waals surface area (Å²) in [4.78, 5) is 83.6. The lowest BCUT2D eigenvalue weighted by Crippen LogP contribution is -2.47. The summed E-state index contributed by atoms with van der Waals surface area (Å²) in [5.41, 5.74) is 7.94. The summed E-state index contributed by atoms with van der Waals surface area (Å²) in [6.45, 7) is 3.15. The predicted octanol–water partition coefficient (Wildman–Crippen LogP) is 3.28. The summed E-state index contributed by atoms with van der Waals surface area (Å²) < 4.78 is 18.2. The molecule has 0 fully saturated rings. The molecule has 0 unspecified atom stereocenters. The third-order valence-electron chi connectivity index (χ3n) is 10.4. The van der Waals surface area contributed by atoms with Gasteiger partial charge in [-0.2, -0.15) is 0 Å². The summed E-state index contributed by atoms with van der Waals surface area (Å²) >= 11 is 0. The molecule has 306 valence electrons. The van der Waals surface area contributed by atoms with Gasteiger partial charge in [-0.15, -0.1) is 0 Å². The molecule has 6 rings (SSSR count). The van der Waals surface area contributed by atoms with Gasteiger partial charge in [0, 0.05) is 22.2 Å². The highest BCUT2D eigenvalue weighted by Gasteiger charge is 2.51. The minimum Gasteiger partial charge on any atom is -0.508 e. The van der Waals surface area contributed by atoms with Crippen molar-refractivity contribution in [1.82, 2.24) is 19.8 Å². The maximum Gasteiger partial charge on any atom is 0.510 e. The molecule has 2 aromatic carbocycles. The SMILES string of the molecule is CCc1c2c(nc3ccc(O)cc13)-c1cc3c(c(=O)n1C2)COC(=O)[C@@]3(CC)OC(=O)OCc1ccc(NC(=O)[C@H](CCCCN)NC(=O)CN(C)CC(=O)O)cc1. The fourth-order valence-electron chi connectivity index (χ4n) is 7.47. The Bertz CT molecular complexity index is 2330. The maximum atomic E-state index is 14.0. The molecule has 0 saturated heterocycles. The number of cyclic esters (lactones) is 1. The van der Waals surface area contributed by atoms with Crippen LogP contribution in [0.3, 0.4) is 0 Å². The first-order chi connectivity index (χ1) is 27.8. The smallest absolute Gasteiger partial charge is 0.508 e. The van der Waals surface area contributed by atoms with Crippen LogP contribution in [-0.4, -0.2) is 87.3 Å². The van der Waals surface area contributed by atoms with Crippen molar-refractivity contribution in [3.63, 3.8) is 0 Å². The van der Waals surface area contributed by atoms with Crippen LogP contribution in [-0.2, 0) is 65.2 Å². The minimum atomic E-state index is -1.98. The van der Waals surface area contributed by atoms with Crippen LogP contribution in [0.15, 0.2) is 53.3 Å².